The van der Waals surface area contributed by atoms with Gasteiger partial charge in [-0.25, -0.2) is 33.6 Å². The summed E-state index contributed by atoms with van der Waals surface area (Å²) in [6.07, 6.45) is 14.0. The van der Waals surface area contributed by atoms with Gasteiger partial charge in [-0.15, -0.1) is 4.52 Å². The number of carboxylic acid groups (broad SMARTS) is 1. The lowest BCUT2D eigenvalue weighted by Crippen LogP contribution is -2.23. The van der Waals surface area contributed by atoms with Crippen LogP contribution in [0.5, 0.6) is 46.0 Å². The van der Waals surface area contributed by atoms with Gasteiger partial charge in [-0.05, 0) is 176 Å². The largest absolute Gasteiger partial charge is 0.528 e. The predicted octanol–water partition coefficient (Wildman–Crippen LogP) is 21.1. The Morgan fingerprint density at radius 1 is 0.454 bits per heavy atom. The molecule has 0 saturated heterocycles. The Bertz CT molecular complexity index is 4880. The molecule has 2 aliphatic carbocycles. The van der Waals surface area contributed by atoms with Crippen molar-refractivity contribution < 1.29 is 132 Å². The molecule has 28 nitrogen and oxygen atoms in total. The maximum atomic E-state index is 12.6. The summed E-state index contributed by atoms with van der Waals surface area (Å²) in [5, 5.41) is 8.63. The maximum absolute atomic E-state index is 12.6. The van der Waals surface area contributed by atoms with Crippen LogP contribution in [0, 0.1) is 39.5 Å². The molecule has 2 unspecified atom stereocenters. The van der Waals surface area contributed by atoms with E-state index in [1.54, 1.807) is 68.3 Å². The van der Waals surface area contributed by atoms with Crippen molar-refractivity contribution in [3.63, 3.8) is 0 Å². The van der Waals surface area contributed by atoms with E-state index in [-0.39, 0.29) is 102 Å². The molecule has 0 aromatic heterocycles. The first-order valence-corrected chi connectivity index (χ1v) is 61.9. The number of methoxy groups -OCH3 is 4. The summed E-state index contributed by atoms with van der Waals surface area (Å²) in [6, 6.07) is 3.83. The van der Waals surface area contributed by atoms with E-state index in [0.717, 1.165) is 112 Å². The molecule has 0 bridgehead atoms. The highest BCUT2D eigenvalue weighted by Gasteiger charge is 2.50. The highest BCUT2D eigenvalue weighted by molar-refractivity contribution is 7.67. The Balaban J connectivity index is 0.000000292. The van der Waals surface area contributed by atoms with Crippen LogP contribution in [0.25, 0.3) is 0 Å². The number of ether oxygens (including phenoxy) is 14. The Morgan fingerprint density at radius 3 is 1.00 bits per heavy atom. The predicted molar refractivity (Wildman–Crippen MR) is 514 cm³/mol. The monoisotopic (exact) mass is 1920 g/mol. The van der Waals surface area contributed by atoms with Gasteiger partial charge in [0, 0.05) is 94.4 Å². The molecular formula is C96H143O28P2Si4+. The molecule has 4 aromatic carbocycles. The van der Waals surface area contributed by atoms with Gasteiger partial charge in [0.05, 0.1) is 93.5 Å². The van der Waals surface area contributed by atoms with Gasteiger partial charge in [0.25, 0.3) is 0 Å². The molecule has 2 atom stereocenters. The van der Waals surface area contributed by atoms with Crippen LogP contribution >= 0.6 is 15.6 Å². The van der Waals surface area contributed by atoms with Crippen LogP contribution < -0.4 is 37.9 Å². The van der Waals surface area contributed by atoms with Gasteiger partial charge in [0.2, 0.25) is 0 Å². The van der Waals surface area contributed by atoms with Gasteiger partial charge in [-0.2, -0.15) is 0 Å². The lowest BCUT2D eigenvalue weighted by Gasteiger charge is -2.21. The number of carboxylic acids is 1. The van der Waals surface area contributed by atoms with Crippen LogP contribution in [0.2, 0.25) is 103 Å². The van der Waals surface area contributed by atoms with Gasteiger partial charge in [-0.1, -0.05) is 123 Å². The maximum Gasteiger partial charge on any atom is 0.528 e. The molecule has 130 heavy (non-hydrogen) atoms. The summed E-state index contributed by atoms with van der Waals surface area (Å²) in [5.41, 5.74) is 12.8. The van der Waals surface area contributed by atoms with Gasteiger partial charge in [-0.3, -0.25) is 4.57 Å². The number of aldehydes is 1. The lowest BCUT2D eigenvalue weighted by atomic mass is 9.94. The van der Waals surface area contributed by atoms with Crippen molar-refractivity contribution in [2.45, 2.75) is 256 Å². The first-order valence-electron chi connectivity index (χ1n) is 44.2. The third-order valence-electron chi connectivity index (χ3n) is 21.9. The fraction of sp³-hybridized carbons (Fsp3) is 0.562. The highest BCUT2D eigenvalue weighted by Crippen LogP contribution is 2.62. The SMILES string of the molecule is C.C=C/C(=C\Cc1c(OC)c(C)c2c(c1OCC[Si](C)(C)C)C(=O)OC2)C(=O)OCC.C=CC([P+](=O)OCC)P(=O)(OCC)OCC.CCOC(=O)/C(=C/Cc1c(OC)c(C)c2c(c1OCC[Si](C)(C)C)C(=O)OC2)C1CC1.COc1c(C)c2c(c(OCC[Si](C)(C)C)c1C/C=C(/C(=O)O)C1CC1)C(=O)OC2.COc1c(C)c2c(c(OCC[Si](C)(C)C)c1CC=O)C(=O)OC2. The summed E-state index contributed by atoms with van der Waals surface area (Å²) in [4.78, 5) is 97.0. The molecule has 0 amide bonds. The third-order valence-corrected chi connectivity index (χ3v) is 33.4. The van der Waals surface area contributed by atoms with Gasteiger partial charge < -0.3 is 85.3 Å². The second kappa shape index (κ2) is 50.8. The Labute approximate surface area is 774 Å². The zero-order valence-electron chi connectivity index (χ0n) is 80.7. The topological polar surface area (TPSA) is 348 Å². The number of cyclic esters (lactones) is 4. The van der Waals surface area contributed by atoms with E-state index in [0.29, 0.717) is 148 Å². The summed E-state index contributed by atoms with van der Waals surface area (Å²) < 4.78 is 118. The number of allylic oxidation sites excluding steroid dienone is 4. The standard InChI is InChI=1S/C24H34O6Si.C23H32O6Si.C22H30O6Si.C17H24O5Si.C9H19O5P2.CH4/c1-7-28-23(25)17(16-8-9-16)10-11-18-21(27-3)15(2)19-14-30-24(26)20(19)22(18)29-12-13-31(4,5)6;1-8-16(22(24)27-9-2)10-11-17-20(26-4)15(3)18-14-29-23(25)19(18)21(17)28-12-13-30(5,6)7;1-13-17-12-28-22(25)18(17)20(27-10-11-29(3,4)5)16(19(13)26-2)9-8-15(21(23)24)14-6-7-14;1-11-13-10-22-17(19)14(13)16(21-8-9-23(3,4)5)12(6-7-18)15(11)20-2;1-5-9(15(10)12-6-2)16(11,13-7-3)14-8-4;/h10,16H,7-9,11-14H2,1-6H3;8,10H,1,9,11-14H2,2-7H3;8,14H,6-7,9-12H2,1-5H3,(H,23,24);7H,6,8-10H2,1-5H3;5,9H,1,6-8H2,2-4H3;1H4/q;;;;+1;/b17-10+;16-10+;15-8+;;;. The lowest BCUT2D eigenvalue weighted by molar-refractivity contribution is -0.139. The number of carbonyl (C=O) groups excluding carboxylic acids is 7. The molecule has 2 fully saturated rings. The normalized spacial score (nSPS) is 14.8. The van der Waals surface area contributed by atoms with Crippen LogP contribution in [0.1, 0.15) is 176 Å². The summed E-state index contributed by atoms with van der Waals surface area (Å²) in [5.74, 6) is 1.79. The number of rotatable bonds is 45. The molecule has 0 radical (unpaired) electrons. The third kappa shape index (κ3) is 30.3. The van der Waals surface area contributed by atoms with E-state index in [1.807, 2.05) is 40.7 Å². The van der Waals surface area contributed by atoms with Crippen LogP contribution in [0.4, 0.5) is 0 Å². The summed E-state index contributed by atoms with van der Waals surface area (Å²) in [7, 11) is -4.45. The first kappa shape index (κ1) is 112. The van der Waals surface area contributed by atoms with Crippen molar-refractivity contribution in [1.29, 1.82) is 0 Å². The highest BCUT2D eigenvalue weighted by atomic mass is 31.2. The molecule has 10 rings (SSSR count). The number of esters is 6. The summed E-state index contributed by atoms with van der Waals surface area (Å²) in [6.45, 7) is 55.0. The second-order valence-corrected chi connectivity index (χ2v) is 62.8. The van der Waals surface area contributed by atoms with Crippen LogP contribution in [-0.4, -0.2) is 179 Å². The average molecular weight is 1920 g/mol. The molecule has 0 spiro atoms. The number of carbonyl (C=O) groups is 8. The van der Waals surface area contributed by atoms with E-state index in [9.17, 15) is 52.6 Å². The van der Waals surface area contributed by atoms with E-state index < -0.39 is 71.2 Å². The molecule has 4 aromatic rings. The van der Waals surface area contributed by atoms with Crippen molar-refractivity contribution >= 4 is 96.0 Å². The van der Waals surface area contributed by atoms with Crippen molar-refractivity contribution in [3.05, 3.63) is 149 Å². The van der Waals surface area contributed by atoms with E-state index in [2.05, 4.69) is 91.7 Å². The van der Waals surface area contributed by atoms with Crippen molar-refractivity contribution in [2.75, 3.05) is 87.9 Å². The van der Waals surface area contributed by atoms with E-state index >= 15 is 0 Å². The molecule has 4 aliphatic heterocycles. The minimum Gasteiger partial charge on any atom is -0.496 e. The van der Waals surface area contributed by atoms with Crippen LogP contribution in [-0.2, 0) is 122 Å². The number of fused-ring (bicyclic) bond motifs is 4. The Hall–Kier alpha value is -8.98. The molecule has 34 heteroatoms. The molecule has 1 N–H and O–H groups in total. The van der Waals surface area contributed by atoms with Crippen molar-refractivity contribution in [3.8, 4) is 46.0 Å². The first-order chi connectivity index (χ1) is 60.8. The summed E-state index contributed by atoms with van der Waals surface area (Å²) >= 11 is 0. The fourth-order valence-corrected chi connectivity index (χ4v) is 20.9. The molecule has 4 heterocycles. The smallest absolute Gasteiger partial charge is 0.496 e. The van der Waals surface area contributed by atoms with Crippen LogP contribution in [0.3, 0.4) is 0 Å². The van der Waals surface area contributed by atoms with E-state index in [1.165, 1.54) is 12.2 Å². The van der Waals surface area contributed by atoms with Gasteiger partial charge >= 0.3 is 62.8 Å². The molecular weight excluding hydrogens is 1780 g/mol. The van der Waals surface area contributed by atoms with E-state index in [4.69, 9.17) is 79.9 Å². The number of hydrogen-bond donors (Lipinski definition) is 1. The Kier molecular flexibility index (Phi) is 43.5. The molecule has 2 saturated carbocycles. The minimum atomic E-state index is -3.44. The van der Waals surface area contributed by atoms with Crippen molar-refractivity contribution in [2.24, 2.45) is 11.8 Å². The fourth-order valence-electron chi connectivity index (χ4n) is 14.6. The zero-order chi connectivity index (χ0) is 96.4. The van der Waals surface area contributed by atoms with Crippen molar-refractivity contribution in [1.82, 2.24) is 0 Å². The van der Waals surface area contributed by atoms with Gasteiger partial charge in [0.1, 0.15) is 101 Å². The number of hydrogen-bond acceptors (Lipinski definition) is 27. The quantitative estimate of drug-likeness (QED) is 0.00628. The zero-order valence-corrected chi connectivity index (χ0v) is 86.4. The second-order valence-electron chi connectivity index (χ2n) is 36.4. The minimum absolute atomic E-state index is 0. The Morgan fingerprint density at radius 2 is 0.746 bits per heavy atom. The molecule has 6 aliphatic rings. The number of aliphatic carboxylic acids is 1. The van der Waals surface area contributed by atoms with Crippen LogP contribution in [0.15, 0.2) is 60.3 Å². The molecule has 720 valence electrons. The van der Waals surface area contributed by atoms with Gasteiger partial charge in [0.15, 0.2) is 0 Å². The average Bonchev–Trinajstić information content (AvgIpc) is 1.60. The number of benzene rings is 4.